The van der Waals surface area contributed by atoms with E-state index < -0.39 is 10.0 Å². The summed E-state index contributed by atoms with van der Waals surface area (Å²) in [6.45, 7) is 1.40. The Kier molecular flexibility index (Phi) is 5.76. The van der Waals surface area contributed by atoms with Crippen molar-refractivity contribution in [3.05, 3.63) is 64.7 Å². The molecule has 1 atom stereocenters. The first-order valence-corrected chi connectivity index (χ1v) is 10.7. The van der Waals surface area contributed by atoms with E-state index in [0.717, 1.165) is 18.2 Å². The summed E-state index contributed by atoms with van der Waals surface area (Å²) >= 11 is 0.945. The highest BCUT2D eigenvalue weighted by atomic mass is 32.2. The molecule has 0 spiro atoms. The van der Waals surface area contributed by atoms with Crippen molar-refractivity contribution in [3.8, 4) is 0 Å². The number of rotatable bonds is 6. The van der Waals surface area contributed by atoms with Gasteiger partial charge in [0.05, 0.1) is 11.4 Å². The van der Waals surface area contributed by atoms with Gasteiger partial charge >= 0.3 is 0 Å². The van der Waals surface area contributed by atoms with E-state index in [1.165, 1.54) is 19.1 Å². The van der Waals surface area contributed by atoms with Gasteiger partial charge in [-0.2, -0.15) is 0 Å². The average Bonchev–Trinajstić information content (AvgIpc) is 2.66. The maximum Gasteiger partial charge on any atom is 0.263 e. The first-order valence-electron chi connectivity index (χ1n) is 8.28. The minimum atomic E-state index is -3.80. The minimum Gasteiger partial charge on any atom is -0.293 e. The van der Waals surface area contributed by atoms with Crippen LogP contribution in [0.25, 0.3) is 0 Å². The zero-order chi connectivity index (χ0) is 19.4. The lowest BCUT2D eigenvalue weighted by atomic mass is 9.95. The number of allylic oxidation sites excluding steroid dienone is 4. The molecule has 0 fully saturated rings. The largest absolute Gasteiger partial charge is 0.293 e. The zero-order valence-corrected chi connectivity index (χ0v) is 16.2. The summed E-state index contributed by atoms with van der Waals surface area (Å²) in [5.74, 6) is -0.157. The second kappa shape index (κ2) is 8.06. The lowest BCUT2D eigenvalue weighted by molar-refractivity contribution is -0.109. The van der Waals surface area contributed by atoms with Gasteiger partial charge in [0.15, 0.2) is 10.9 Å². The summed E-state index contributed by atoms with van der Waals surface area (Å²) in [6, 6.07) is 6.14. The van der Waals surface area contributed by atoms with Crippen LogP contribution in [0.4, 0.5) is 5.69 Å². The van der Waals surface area contributed by atoms with Crippen LogP contribution in [0.2, 0.25) is 0 Å². The Hall–Kier alpha value is -2.45. The molecule has 1 aliphatic carbocycles. The monoisotopic (exact) mass is 402 g/mol. The Labute approximate surface area is 162 Å². The van der Waals surface area contributed by atoms with Crippen LogP contribution in [-0.4, -0.2) is 31.3 Å². The number of carbonyl (C=O) groups is 2. The first-order chi connectivity index (χ1) is 12.9. The standard InChI is InChI=1S/C19H18N2O4S2/c1-13(22)26-12-17(23)14-7-9-16(10-8-14)21-27(24,25)18-6-2-4-15-5-3-11-20-19(15)18/h2-3,5-11,15,21H,4,12H2,1H3. The third-order valence-electron chi connectivity index (χ3n) is 4.06. The van der Waals surface area contributed by atoms with Crippen LogP contribution >= 0.6 is 11.8 Å². The van der Waals surface area contributed by atoms with E-state index in [1.807, 2.05) is 18.2 Å². The molecule has 1 heterocycles. The summed E-state index contributed by atoms with van der Waals surface area (Å²) in [6.07, 6.45) is 9.44. The molecule has 6 nitrogen and oxygen atoms in total. The van der Waals surface area contributed by atoms with E-state index in [9.17, 15) is 18.0 Å². The van der Waals surface area contributed by atoms with Crippen molar-refractivity contribution in [2.75, 3.05) is 10.5 Å². The van der Waals surface area contributed by atoms with Gasteiger partial charge < -0.3 is 0 Å². The topological polar surface area (TPSA) is 92.7 Å². The van der Waals surface area contributed by atoms with Gasteiger partial charge in [0.2, 0.25) is 0 Å². The maximum absolute atomic E-state index is 12.8. The van der Waals surface area contributed by atoms with Gasteiger partial charge in [-0.25, -0.2) is 8.42 Å². The van der Waals surface area contributed by atoms with E-state index in [2.05, 4.69) is 9.71 Å². The number of hydrogen-bond donors (Lipinski definition) is 1. The van der Waals surface area contributed by atoms with Gasteiger partial charge in [-0.1, -0.05) is 23.9 Å². The Morgan fingerprint density at radius 1 is 1.26 bits per heavy atom. The molecule has 1 unspecified atom stereocenters. The third kappa shape index (κ3) is 4.64. The van der Waals surface area contributed by atoms with E-state index >= 15 is 0 Å². The van der Waals surface area contributed by atoms with Gasteiger partial charge in [-0.15, -0.1) is 0 Å². The number of carbonyl (C=O) groups excluding carboxylic acids is 2. The number of ketones is 1. The normalized spacial score (nSPS) is 18.3. The number of thioether (sulfide) groups is 1. The van der Waals surface area contributed by atoms with Gasteiger partial charge in [0.25, 0.3) is 10.0 Å². The van der Waals surface area contributed by atoms with Gasteiger partial charge in [0, 0.05) is 30.3 Å². The SMILES string of the molecule is CC(=O)SCC(=O)c1ccc(NS(=O)(=O)C2=C3N=CC=CC3CC=C2)cc1. The second-order valence-electron chi connectivity index (χ2n) is 6.04. The zero-order valence-electron chi connectivity index (χ0n) is 14.6. The maximum atomic E-state index is 12.8. The van der Waals surface area contributed by atoms with E-state index in [-0.39, 0.29) is 27.5 Å². The van der Waals surface area contributed by atoms with Crippen molar-refractivity contribution < 1.29 is 18.0 Å². The molecule has 1 aromatic carbocycles. The molecule has 0 bridgehead atoms. The summed E-state index contributed by atoms with van der Waals surface area (Å²) in [5, 5.41) is -0.124. The second-order valence-corrected chi connectivity index (χ2v) is 8.85. The molecule has 1 N–H and O–H groups in total. The summed E-state index contributed by atoms with van der Waals surface area (Å²) in [4.78, 5) is 27.3. The van der Waals surface area contributed by atoms with Crippen molar-refractivity contribution in [2.45, 2.75) is 13.3 Å². The number of sulfonamides is 1. The molecule has 0 aromatic heterocycles. The van der Waals surface area contributed by atoms with Crippen molar-refractivity contribution in [3.63, 3.8) is 0 Å². The highest BCUT2D eigenvalue weighted by molar-refractivity contribution is 8.14. The lowest BCUT2D eigenvalue weighted by Gasteiger charge is -2.21. The van der Waals surface area contributed by atoms with Crippen LogP contribution in [0.15, 0.2) is 64.2 Å². The van der Waals surface area contributed by atoms with Crippen LogP contribution in [-0.2, 0) is 14.8 Å². The molecule has 0 amide bonds. The number of dihydropyridines is 1. The Balaban J connectivity index is 1.77. The van der Waals surface area contributed by atoms with Crippen molar-refractivity contribution in [1.29, 1.82) is 0 Å². The molecule has 0 radical (unpaired) electrons. The Morgan fingerprint density at radius 3 is 2.70 bits per heavy atom. The first kappa shape index (κ1) is 19.3. The molecule has 1 aromatic rings. The summed E-state index contributed by atoms with van der Waals surface area (Å²) < 4.78 is 28.1. The van der Waals surface area contributed by atoms with Crippen LogP contribution in [0.5, 0.6) is 0 Å². The van der Waals surface area contributed by atoms with Crippen LogP contribution in [0.1, 0.15) is 23.7 Å². The average molecular weight is 402 g/mol. The third-order valence-corrected chi connectivity index (χ3v) is 6.30. The molecule has 1 aliphatic heterocycles. The van der Waals surface area contributed by atoms with Gasteiger partial charge in [0.1, 0.15) is 4.91 Å². The number of nitrogens with one attached hydrogen (secondary N) is 1. The number of anilines is 1. The molecular formula is C19H18N2O4S2. The van der Waals surface area contributed by atoms with Crippen LogP contribution in [0, 0.1) is 5.92 Å². The number of nitrogens with zero attached hydrogens (tertiary/aromatic N) is 1. The summed E-state index contributed by atoms with van der Waals surface area (Å²) in [7, 11) is -3.80. The molecule has 2 aliphatic rings. The predicted octanol–water partition coefficient (Wildman–Crippen LogP) is 3.32. The van der Waals surface area contributed by atoms with Crippen LogP contribution in [0.3, 0.4) is 0 Å². The van der Waals surface area contributed by atoms with E-state index in [0.29, 0.717) is 16.9 Å². The summed E-state index contributed by atoms with van der Waals surface area (Å²) in [5.41, 5.74) is 1.30. The highest BCUT2D eigenvalue weighted by Gasteiger charge is 2.27. The molecule has 8 heteroatoms. The highest BCUT2D eigenvalue weighted by Crippen LogP contribution is 2.32. The van der Waals surface area contributed by atoms with Crippen molar-refractivity contribution in [2.24, 2.45) is 10.9 Å². The fourth-order valence-electron chi connectivity index (χ4n) is 2.75. The lowest BCUT2D eigenvalue weighted by Crippen LogP contribution is -2.20. The Morgan fingerprint density at radius 2 is 2.00 bits per heavy atom. The van der Waals surface area contributed by atoms with E-state index in [1.54, 1.807) is 24.4 Å². The predicted molar refractivity (Wildman–Crippen MR) is 108 cm³/mol. The molecule has 27 heavy (non-hydrogen) atoms. The minimum absolute atomic E-state index is 0.0367. The number of Topliss-reactive ketones (excluding diaryl/α,β-unsaturated/α-hetero) is 1. The number of hydrogen-bond acceptors (Lipinski definition) is 6. The van der Waals surface area contributed by atoms with Crippen molar-refractivity contribution >= 4 is 44.6 Å². The van der Waals surface area contributed by atoms with Gasteiger partial charge in [-0.05, 0) is 42.8 Å². The fourth-order valence-corrected chi connectivity index (χ4v) is 4.56. The fraction of sp³-hybridized carbons (Fsp3) is 0.211. The van der Waals surface area contributed by atoms with Crippen LogP contribution < -0.4 is 4.72 Å². The van der Waals surface area contributed by atoms with E-state index in [4.69, 9.17) is 0 Å². The smallest absolute Gasteiger partial charge is 0.263 e. The molecular weight excluding hydrogens is 384 g/mol. The number of fused-ring (bicyclic) bond motifs is 1. The molecule has 0 saturated heterocycles. The number of benzene rings is 1. The van der Waals surface area contributed by atoms with Gasteiger partial charge in [-0.3, -0.25) is 19.3 Å². The quantitative estimate of drug-likeness (QED) is 0.737. The Bertz CT molecular complexity index is 987. The number of aliphatic imine (C=N–C) groups is 1. The molecule has 0 saturated carbocycles. The molecule has 3 rings (SSSR count). The molecule has 140 valence electrons. The van der Waals surface area contributed by atoms with Crippen molar-refractivity contribution in [1.82, 2.24) is 0 Å².